The number of nitrogens with zero attached hydrogens (tertiary/aromatic N) is 3. The SMILES string of the molecule is C[C@@H](C#N)Sc1nc2scc(-c3ccc(F)cc3)c2c(=O)n1C. The van der Waals surface area contributed by atoms with Gasteiger partial charge in [0.1, 0.15) is 10.6 Å². The van der Waals surface area contributed by atoms with Gasteiger partial charge in [-0.15, -0.1) is 11.3 Å². The summed E-state index contributed by atoms with van der Waals surface area (Å²) in [5.74, 6) is -0.316. The number of thioether (sulfide) groups is 1. The molecule has 3 aromatic rings. The van der Waals surface area contributed by atoms with E-state index in [2.05, 4.69) is 11.1 Å². The molecule has 3 rings (SSSR count). The second-order valence-electron chi connectivity index (χ2n) is 4.98. The minimum Gasteiger partial charge on any atom is -0.290 e. The molecule has 4 nitrogen and oxygen atoms in total. The van der Waals surface area contributed by atoms with Crippen LogP contribution in [0.2, 0.25) is 0 Å². The first-order valence-electron chi connectivity index (χ1n) is 6.81. The van der Waals surface area contributed by atoms with E-state index < -0.39 is 0 Å². The standard InChI is InChI=1S/C16H12FN3OS2/c1-9(7-18)23-16-19-14-13(15(21)20(16)2)12(8-22-14)10-3-5-11(17)6-4-10/h3-6,8-9H,1-2H3/t9-/m0/s1. The molecular formula is C16H12FN3OS2. The van der Waals surface area contributed by atoms with Crippen LogP contribution in [0, 0.1) is 17.1 Å². The summed E-state index contributed by atoms with van der Waals surface area (Å²) in [7, 11) is 1.65. The van der Waals surface area contributed by atoms with Gasteiger partial charge in [-0.3, -0.25) is 9.36 Å². The molecule has 1 aromatic carbocycles. The summed E-state index contributed by atoms with van der Waals surface area (Å²) < 4.78 is 14.5. The van der Waals surface area contributed by atoms with E-state index in [1.54, 1.807) is 26.1 Å². The van der Waals surface area contributed by atoms with E-state index in [0.29, 0.717) is 15.4 Å². The maximum absolute atomic E-state index is 13.1. The van der Waals surface area contributed by atoms with Crippen LogP contribution in [0.25, 0.3) is 21.3 Å². The molecule has 0 fully saturated rings. The minimum atomic E-state index is -0.316. The van der Waals surface area contributed by atoms with E-state index in [1.165, 1.54) is 39.8 Å². The zero-order valence-electron chi connectivity index (χ0n) is 12.4. The average molecular weight is 345 g/mol. The highest BCUT2D eigenvalue weighted by Gasteiger charge is 2.17. The third-order valence-corrected chi connectivity index (χ3v) is 5.30. The Morgan fingerprint density at radius 3 is 2.74 bits per heavy atom. The number of thiophene rings is 1. The number of aromatic nitrogens is 2. The van der Waals surface area contributed by atoms with Crippen molar-refractivity contribution in [3.05, 3.63) is 45.8 Å². The van der Waals surface area contributed by atoms with Gasteiger partial charge in [0.25, 0.3) is 5.56 Å². The summed E-state index contributed by atoms with van der Waals surface area (Å²) in [6, 6.07) is 8.16. The number of fused-ring (bicyclic) bond motifs is 1. The molecule has 0 aliphatic carbocycles. The van der Waals surface area contributed by atoms with Crippen molar-refractivity contribution in [2.24, 2.45) is 7.05 Å². The Balaban J connectivity index is 2.18. The Morgan fingerprint density at radius 2 is 2.09 bits per heavy atom. The number of rotatable bonds is 3. The first kappa shape index (κ1) is 15.7. The Hall–Kier alpha value is -2.17. The lowest BCUT2D eigenvalue weighted by Gasteiger charge is -2.08. The fraction of sp³-hybridized carbons (Fsp3) is 0.188. The van der Waals surface area contributed by atoms with Gasteiger partial charge in [-0.1, -0.05) is 23.9 Å². The summed E-state index contributed by atoms with van der Waals surface area (Å²) >= 11 is 2.62. The Kier molecular flexibility index (Phi) is 4.20. The molecule has 23 heavy (non-hydrogen) atoms. The molecular weight excluding hydrogens is 333 g/mol. The van der Waals surface area contributed by atoms with E-state index >= 15 is 0 Å². The van der Waals surface area contributed by atoms with Crippen LogP contribution in [0.5, 0.6) is 0 Å². The van der Waals surface area contributed by atoms with E-state index in [9.17, 15) is 9.18 Å². The Bertz CT molecular complexity index is 970. The maximum atomic E-state index is 13.1. The Labute approximate surface area is 140 Å². The lowest BCUT2D eigenvalue weighted by molar-refractivity contribution is 0.628. The van der Waals surface area contributed by atoms with Crippen molar-refractivity contribution in [2.75, 3.05) is 0 Å². The fourth-order valence-corrected chi connectivity index (χ4v) is 3.93. The molecule has 0 amide bonds. The monoisotopic (exact) mass is 345 g/mol. The zero-order chi connectivity index (χ0) is 16.6. The molecule has 0 saturated carbocycles. The number of nitriles is 1. The van der Waals surface area contributed by atoms with Crippen LogP contribution in [0.4, 0.5) is 4.39 Å². The minimum absolute atomic E-state index is 0.164. The van der Waals surface area contributed by atoms with Crippen LogP contribution in [0.3, 0.4) is 0 Å². The van der Waals surface area contributed by atoms with Gasteiger partial charge in [0.05, 0.1) is 16.7 Å². The summed E-state index contributed by atoms with van der Waals surface area (Å²) in [5.41, 5.74) is 1.37. The molecule has 2 heterocycles. The van der Waals surface area contributed by atoms with Gasteiger partial charge >= 0.3 is 0 Å². The van der Waals surface area contributed by atoms with Crippen molar-refractivity contribution in [3.8, 4) is 17.2 Å². The molecule has 1 atom stereocenters. The molecule has 0 N–H and O–H groups in total. The molecule has 0 spiro atoms. The van der Waals surface area contributed by atoms with Crippen LogP contribution in [-0.4, -0.2) is 14.8 Å². The third-order valence-electron chi connectivity index (χ3n) is 3.39. The molecule has 7 heteroatoms. The van der Waals surface area contributed by atoms with Crippen molar-refractivity contribution in [1.82, 2.24) is 9.55 Å². The predicted molar refractivity (Wildman–Crippen MR) is 91.2 cm³/mol. The van der Waals surface area contributed by atoms with Gasteiger partial charge in [-0.2, -0.15) is 5.26 Å². The zero-order valence-corrected chi connectivity index (χ0v) is 14.0. The van der Waals surface area contributed by atoms with Gasteiger partial charge in [0.15, 0.2) is 5.16 Å². The summed E-state index contributed by atoms with van der Waals surface area (Å²) in [4.78, 5) is 17.8. The smallest absolute Gasteiger partial charge is 0.263 e. The van der Waals surface area contributed by atoms with E-state index in [1.807, 2.05) is 5.38 Å². The summed E-state index contributed by atoms with van der Waals surface area (Å²) in [6.45, 7) is 1.76. The maximum Gasteiger partial charge on any atom is 0.263 e. The summed E-state index contributed by atoms with van der Waals surface area (Å²) in [6.07, 6.45) is 0. The topological polar surface area (TPSA) is 58.7 Å². The highest BCUT2D eigenvalue weighted by molar-refractivity contribution is 8.00. The molecule has 0 bridgehead atoms. The number of hydrogen-bond acceptors (Lipinski definition) is 5. The van der Waals surface area contributed by atoms with E-state index in [0.717, 1.165) is 11.1 Å². The molecule has 2 aromatic heterocycles. The van der Waals surface area contributed by atoms with E-state index in [-0.39, 0.29) is 16.6 Å². The van der Waals surface area contributed by atoms with Crippen LogP contribution in [0.15, 0.2) is 39.6 Å². The van der Waals surface area contributed by atoms with Gasteiger partial charge < -0.3 is 0 Å². The van der Waals surface area contributed by atoms with Crippen molar-refractivity contribution >= 4 is 33.3 Å². The first-order chi connectivity index (χ1) is 11.0. The summed E-state index contributed by atoms with van der Waals surface area (Å²) in [5, 5.41) is 11.5. The van der Waals surface area contributed by atoms with Crippen LogP contribution in [0.1, 0.15) is 6.92 Å². The second-order valence-corrected chi connectivity index (χ2v) is 7.15. The van der Waals surface area contributed by atoms with E-state index in [4.69, 9.17) is 5.26 Å². The second kappa shape index (κ2) is 6.14. The van der Waals surface area contributed by atoms with Crippen molar-refractivity contribution in [2.45, 2.75) is 17.3 Å². The molecule has 0 radical (unpaired) electrons. The Morgan fingerprint density at radius 1 is 1.39 bits per heavy atom. The number of halogens is 1. The predicted octanol–water partition coefficient (Wildman–Crippen LogP) is 3.81. The average Bonchev–Trinajstić information content (AvgIpc) is 2.96. The first-order valence-corrected chi connectivity index (χ1v) is 8.57. The van der Waals surface area contributed by atoms with Crippen molar-refractivity contribution in [3.63, 3.8) is 0 Å². The normalized spacial score (nSPS) is 12.3. The molecule has 116 valence electrons. The molecule has 0 unspecified atom stereocenters. The number of benzene rings is 1. The highest BCUT2D eigenvalue weighted by Crippen LogP contribution is 2.32. The third kappa shape index (κ3) is 2.87. The largest absolute Gasteiger partial charge is 0.290 e. The number of hydrogen-bond donors (Lipinski definition) is 0. The molecule has 0 aliphatic heterocycles. The van der Waals surface area contributed by atoms with Gasteiger partial charge in [-0.05, 0) is 24.6 Å². The van der Waals surface area contributed by atoms with Gasteiger partial charge in [0, 0.05) is 18.0 Å². The van der Waals surface area contributed by atoms with Crippen LogP contribution < -0.4 is 5.56 Å². The van der Waals surface area contributed by atoms with Crippen LogP contribution >= 0.6 is 23.1 Å². The highest BCUT2D eigenvalue weighted by atomic mass is 32.2. The van der Waals surface area contributed by atoms with Gasteiger partial charge in [0.2, 0.25) is 0 Å². The quantitative estimate of drug-likeness (QED) is 0.535. The van der Waals surface area contributed by atoms with Gasteiger partial charge in [-0.25, -0.2) is 9.37 Å². The lowest BCUT2D eigenvalue weighted by atomic mass is 10.1. The van der Waals surface area contributed by atoms with Crippen LogP contribution in [-0.2, 0) is 7.05 Å². The van der Waals surface area contributed by atoms with Crippen molar-refractivity contribution < 1.29 is 4.39 Å². The molecule has 0 saturated heterocycles. The van der Waals surface area contributed by atoms with Crippen molar-refractivity contribution in [1.29, 1.82) is 5.26 Å². The fourth-order valence-electron chi connectivity index (χ4n) is 2.18. The molecule has 0 aliphatic rings. The lowest BCUT2D eigenvalue weighted by Crippen LogP contribution is -2.20.